The SMILES string of the molecule is COc1ccc(-c2nc3ccccc3c(=O)n2N=Cc2ccccc2OC(=O)c2ccc(C)cc2)cc1. The van der Waals surface area contributed by atoms with Crippen LogP contribution in [0, 0.1) is 6.92 Å². The summed E-state index contributed by atoms with van der Waals surface area (Å²) < 4.78 is 12.2. The molecule has 0 spiro atoms. The molecule has 0 unspecified atom stereocenters. The van der Waals surface area contributed by atoms with Crippen molar-refractivity contribution in [1.29, 1.82) is 0 Å². The van der Waals surface area contributed by atoms with E-state index in [2.05, 4.69) is 5.10 Å². The number of benzene rings is 4. The van der Waals surface area contributed by atoms with Crippen LogP contribution in [0.15, 0.2) is 107 Å². The maximum atomic E-state index is 13.4. The zero-order valence-corrected chi connectivity index (χ0v) is 20.3. The Hall–Kier alpha value is -5.04. The summed E-state index contributed by atoms with van der Waals surface area (Å²) in [6.07, 6.45) is 1.49. The summed E-state index contributed by atoms with van der Waals surface area (Å²) in [5, 5.41) is 4.93. The van der Waals surface area contributed by atoms with E-state index in [1.165, 1.54) is 10.9 Å². The number of fused-ring (bicyclic) bond motifs is 1. The molecule has 7 heteroatoms. The second-order valence-electron chi connectivity index (χ2n) is 8.34. The molecule has 0 aliphatic heterocycles. The van der Waals surface area contributed by atoms with Crippen LogP contribution in [0.3, 0.4) is 0 Å². The third kappa shape index (κ3) is 5.01. The lowest BCUT2D eigenvalue weighted by molar-refractivity contribution is 0.0734. The van der Waals surface area contributed by atoms with Gasteiger partial charge in [0, 0.05) is 11.1 Å². The number of hydrogen-bond donors (Lipinski definition) is 0. The molecule has 0 amide bonds. The maximum Gasteiger partial charge on any atom is 0.343 e. The normalized spacial score (nSPS) is 11.1. The van der Waals surface area contributed by atoms with E-state index >= 15 is 0 Å². The molecule has 5 aromatic rings. The molecule has 0 saturated carbocycles. The zero-order chi connectivity index (χ0) is 25.8. The molecule has 5 rings (SSSR count). The van der Waals surface area contributed by atoms with Gasteiger partial charge in [0.1, 0.15) is 11.5 Å². The standard InChI is InChI=1S/C30H23N3O4/c1-20-11-13-22(14-12-20)30(35)37-27-10-6-3-7-23(27)19-31-33-28(21-15-17-24(36-2)18-16-21)32-26-9-5-4-8-25(26)29(33)34/h3-19H,1-2H3. The molecule has 0 aliphatic carbocycles. The fourth-order valence-electron chi connectivity index (χ4n) is 3.81. The van der Waals surface area contributed by atoms with E-state index in [-0.39, 0.29) is 5.56 Å². The molecule has 7 nitrogen and oxygen atoms in total. The summed E-state index contributed by atoms with van der Waals surface area (Å²) in [6, 6.07) is 28.5. The highest BCUT2D eigenvalue weighted by Gasteiger charge is 2.14. The first-order chi connectivity index (χ1) is 18.0. The quantitative estimate of drug-likeness (QED) is 0.179. The molecule has 1 heterocycles. The van der Waals surface area contributed by atoms with E-state index in [1.807, 2.05) is 37.3 Å². The van der Waals surface area contributed by atoms with Crippen LogP contribution in [0.5, 0.6) is 11.5 Å². The third-order valence-electron chi connectivity index (χ3n) is 5.82. The molecule has 0 aliphatic rings. The lowest BCUT2D eigenvalue weighted by Gasteiger charge is -2.11. The number of hydrogen-bond acceptors (Lipinski definition) is 6. The first kappa shape index (κ1) is 23.7. The van der Waals surface area contributed by atoms with Crippen molar-refractivity contribution < 1.29 is 14.3 Å². The topological polar surface area (TPSA) is 82.8 Å². The second kappa shape index (κ2) is 10.3. The summed E-state index contributed by atoms with van der Waals surface area (Å²) in [4.78, 5) is 30.9. The Bertz CT molecular complexity index is 1670. The molecule has 0 fully saturated rings. The number of aromatic nitrogens is 2. The van der Waals surface area contributed by atoms with Crippen LogP contribution >= 0.6 is 0 Å². The zero-order valence-electron chi connectivity index (χ0n) is 20.3. The van der Waals surface area contributed by atoms with Crippen LogP contribution in [0.1, 0.15) is 21.5 Å². The minimum absolute atomic E-state index is 0.318. The number of nitrogens with zero attached hydrogens (tertiary/aromatic N) is 3. The summed E-state index contributed by atoms with van der Waals surface area (Å²) in [5.74, 6) is 0.900. The Labute approximate surface area is 213 Å². The summed E-state index contributed by atoms with van der Waals surface area (Å²) in [5.41, 5.74) is 2.96. The van der Waals surface area contributed by atoms with Crippen molar-refractivity contribution in [3.8, 4) is 22.9 Å². The molecule has 0 saturated heterocycles. The molecular formula is C30H23N3O4. The number of methoxy groups -OCH3 is 1. The van der Waals surface area contributed by atoms with Crippen molar-refractivity contribution in [3.05, 3.63) is 124 Å². The summed E-state index contributed by atoms with van der Waals surface area (Å²) in [7, 11) is 1.59. The van der Waals surface area contributed by atoms with Gasteiger partial charge < -0.3 is 9.47 Å². The van der Waals surface area contributed by atoms with Crippen molar-refractivity contribution in [2.45, 2.75) is 6.92 Å². The number of esters is 1. The van der Waals surface area contributed by atoms with Gasteiger partial charge in [-0.1, -0.05) is 42.0 Å². The highest BCUT2D eigenvalue weighted by molar-refractivity contribution is 5.93. The first-order valence-electron chi connectivity index (χ1n) is 11.6. The van der Waals surface area contributed by atoms with Gasteiger partial charge in [-0.15, -0.1) is 0 Å². The van der Waals surface area contributed by atoms with E-state index in [0.717, 1.165) is 5.56 Å². The Morgan fingerprint density at radius 1 is 0.892 bits per heavy atom. The van der Waals surface area contributed by atoms with Gasteiger partial charge in [0.2, 0.25) is 0 Å². The number of para-hydroxylation sites is 2. The summed E-state index contributed by atoms with van der Waals surface area (Å²) >= 11 is 0. The van der Waals surface area contributed by atoms with Crippen LogP contribution in [0.2, 0.25) is 0 Å². The number of rotatable bonds is 6. The van der Waals surface area contributed by atoms with Gasteiger partial charge in [-0.3, -0.25) is 4.79 Å². The minimum atomic E-state index is -0.482. The molecule has 0 radical (unpaired) electrons. The average molecular weight is 490 g/mol. The number of carbonyl (C=O) groups is 1. The third-order valence-corrected chi connectivity index (χ3v) is 5.82. The minimum Gasteiger partial charge on any atom is -0.497 e. The lowest BCUT2D eigenvalue weighted by Crippen LogP contribution is -2.20. The predicted octanol–water partition coefficient (Wildman–Crippen LogP) is 5.48. The predicted molar refractivity (Wildman–Crippen MR) is 144 cm³/mol. The van der Waals surface area contributed by atoms with Gasteiger partial charge in [-0.25, -0.2) is 9.78 Å². The molecule has 1 aromatic heterocycles. The van der Waals surface area contributed by atoms with Gasteiger partial charge >= 0.3 is 5.97 Å². The Morgan fingerprint density at radius 2 is 1.59 bits per heavy atom. The smallest absolute Gasteiger partial charge is 0.343 e. The van der Waals surface area contributed by atoms with Gasteiger partial charge in [0.15, 0.2) is 5.82 Å². The van der Waals surface area contributed by atoms with E-state index in [9.17, 15) is 9.59 Å². The first-order valence-corrected chi connectivity index (χ1v) is 11.6. The molecule has 0 bridgehead atoms. The Morgan fingerprint density at radius 3 is 2.35 bits per heavy atom. The molecule has 0 atom stereocenters. The van der Waals surface area contributed by atoms with E-state index in [0.29, 0.717) is 44.9 Å². The van der Waals surface area contributed by atoms with Crippen LogP contribution < -0.4 is 15.0 Å². The number of ether oxygens (including phenoxy) is 2. The number of aryl methyl sites for hydroxylation is 1. The van der Waals surface area contributed by atoms with Crippen LogP contribution in [-0.4, -0.2) is 29.0 Å². The van der Waals surface area contributed by atoms with Gasteiger partial charge in [0.05, 0.1) is 29.8 Å². The van der Waals surface area contributed by atoms with Crippen molar-refractivity contribution >= 4 is 23.1 Å². The van der Waals surface area contributed by atoms with Crippen LogP contribution in [0.4, 0.5) is 0 Å². The highest BCUT2D eigenvalue weighted by Crippen LogP contribution is 2.23. The molecule has 0 N–H and O–H groups in total. The molecule has 4 aromatic carbocycles. The molecule has 37 heavy (non-hydrogen) atoms. The second-order valence-corrected chi connectivity index (χ2v) is 8.34. The Balaban J connectivity index is 1.56. The van der Waals surface area contributed by atoms with Gasteiger partial charge in [-0.05, 0) is 67.6 Å². The summed E-state index contributed by atoms with van der Waals surface area (Å²) in [6.45, 7) is 1.95. The monoisotopic (exact) mass is 489 g/mol. The Kier molecular flexibility index (Phi) is 6.59. The highest BCUT2D eigenvalue weighted by atomic mass is 16.5. The van der Waals surface area contributed by atoms with Crippen molar-refractivity contribution in [2.75, 3.05) is 7.11 Å². The molecular weight excluding hydrogens is 466 g/mol. The van der Waals surface area contributed by atoms with Crippen molar-refractivity contribution in [1.82, 2.24) is 9.66 Å². The fraction of sp³-hybridized carbons (Fsp3) is 0.0667. The van der Waals surface area contributed by atoms with E-state index < -0.39 is 5.97 Å². The van der Waals surface area contributed by atoms with Crippen molar-refractivity contribution in [2.24, 2.45) is 5.10 Å². The van der Waals surface area contributed by atoms with Crippen LogP contribution in [-0.2, 0) is 0 Å². The maximum absolute atomic E-state index is 13.4. The van der Waals surface area contributed by atoms with Gasteiger partial charge in [0.25, 0.3) is 5.56 Å². The van der Waals surface area contributed by atoms with Crippen LogP contribution in [0.25, 0.3) is 22.3 Å². The van der Waals surface area contributed by atoms with Gasteiger partial charge in [-0.2, -0.15) is 9.78 Å². The fourth-order valence-corrected chi connectivity index (χ4v) is 3.81. The van der Waals surface area contributed by atoms with E-state index in [1.54, 1.807) is 73.8 Å². The largest absolute Gasteiger partial charge is 0.497 e. The average Bonchev–Trinajstić information content (AvgIpc) is 2.93. The van der Waals surface area contributed by atoms with E-state index in [4.69, 9.17) is 14.5 Å². The number of carbonyl (C=O) groups excluding carboxylic acids is 1. The lowest BCUT2D eigenvalue weighted by atomic mass is 10.1. The van der Waals surface area contributed by atoms with Crippen molar-refractivity contribution in [3.63, 3.8) is 0 Å². The molecule has 182 valence electrons.